The van der Waals surface area contributed by atoms with Crippen LogP contribution in [-0.2, 0) is 0 Å². The molecule has 0 unspecified atom stereocenters. The minimum atomic E-state index is -0.539. The number of rotatable bonds is 2. The zero-order valence-electron chi connectivity index (χ0n) is 10.3. The number of hydrogen-bond acceptors (Lipinski definition) is 2. The van der Waals surface area contributed by atoms with E-state index >= 15 is 0 Å². The lowest BCUT2D eigenvalue weighted by atomic mass is 10.1. The first-order chi connectivity index (χ1) is 9.66. The van der Waals surface area contributed by atoms with E-state index in [0.717, 1.165) is 6.07 Å². The number of aromatic hydroxyl groups is 1. The Morgan fingerprint density at radius 2 is 1.80 bits per heavy atom. The molecule has 0 bridgehead atoms. The van der Waals surface area contributed by atoms with E-state index in [0.29, 0.717) is 11.3 Å². The Bertz CT molecular complexity index is 768. The van der Waals surface area contributed by atoms with E-state index in [1.807, 2.05) is 0 Å². The molecule has 0 atom stereocenters. The predicted octanol–water partition coefficient (Wildman–Crippen LogP) is 3.52. The summed E-state index contributed by atoms with van der Waals surface area (Å²) < 4.78 is 28.2. The molecule has 0 aliphatic heterocycles. The molecule has 3 rings (SSSR count). The lowest BCUT2D eigenvalue weighted by molar-refractivity contribution is 0.470. The Hall–Kier alpha value is -2.69. The minimum Gasteiger partial charge on any atom is -0.507 e. The van der Waals surface area contributed by atoms with Crippen LogP contribution in [0.3, 0.4) is 0 Å². The predicted molar refractivity (Wildman–Crippen MR) is 70.6 cm³/mol. The van der Waals surface area contributed by atoms with Gasteiger partial charge in [-0.25, -0.2) is 13.5 Å². The van der Waals surface area contributed by atoms with Gasteiger partial charge in [-0.15, -0.1) is 0 Å². The molecule has 1 heterocycles. The lowest BCUT2D eigenvalue weighted by Crippen LogP contribution is -2.01. The van der Waals surface area contributed by atoms with Crippen LogP contribution in [0.4, 0.5) is 8.78 Å². The summed E-state index contributed by atoms with van der Waals surface area (Å²) in [7, 11) is 0. The first kappa shape index (κ1) is 12.3. The quantitative estimate of drug-likeness (QED) is 0.775. The summed E-state index contributed by atoms with van der Waals surface area (Å²) in [6, 6.07) is 11.5. The third kappa shape index (κ3) is 2.03. The zero-order chi connectivity index (χ0) is 14.1. The van der Waals surface area contributed by atoms with E-state index in [2.05, 4.69) is 5.10 Å². The Balaban J connectivity index is 2.18. The smallest absolute Gasteiger partial charge is 0.148 e. The van der Waals surface area contributed by atoms with Crippen LogP contribution in [0.5, 0.6) is 5.75 Å². The van der Waals surface area contributed by atoms with Crippen LogP contribution in [0, 0.1) is 11.6 Å². The molecule has 100 valence electrons. The Morgan fingerprint density at radius 3 is 2.55 bits per heavy atom. The standard InChI is InChI=1S/C15H10F2N2O/c16-10-5-6-11(15(20)9-10)13-7-8-18-19(13)14-4-2-1-3-12(14)17/h1-9,20H. The van der Waals surface area contributed by atoms with Crippen molar-refractivity contribution >= 4 is 0 Å². The molecule has 3 nitrogen and oxygen atoms in total. The summed E-state index contributed by atoms with van der Waals surface area (Å²) in [6.07, 6.45) is 1.49. The van der Waals surface area contributed by atoms with Gasteiger partial charge in [0, 0.05) is 11.6 Å². The molecule has 0 radical (unpaired) electrons. The Labute approximate surface area is 113 Å². The van der Waals surface area contributed by atoms with Gasteiger partial charge in [0.15, 0.2) is 0 Å². The molecule has 20 heavy (non-hydrogen) atoms. The largest absolute Gasteiger partial charge is 0.507 e. The van der Waals surface area contributed by atoms with E-state index in [-0.39, 0.29) is 11.4 Å². The third-order valence-electron chi connectivity index (χ3n) is 2.96. The van der Waals surface area contributed by atoms with E-state index in [1.54, 1.807) is 24.3 Å². The second-order valence-electron chi connectivity index (χ2n) is 4.24. The third-order valence-corrected chi connectivity index (χ3v) is 2.96. The van der Waals surface area contributed by atoms with Crippen LogP contribution < -0.4 is 0 Å². The average Bonchev–Trinajstić information content (AvgIpc) is 2.88. The number of halogens is 2. The molecule has 0 aliphatic rings. The van der Waals surface area contributed by atoms with Crippen LogP contribution in [0.25, 0.3) is 16.9 Å². The van der Waals surface area contributed by atoms with Gasteiger partial charge in [0.05, 0.1) is 11.9 Å². The Morgan fingerprint density at radius 1 is 1.00 bits per heavy atom. The number of aromatic nitrogens is 2. The summed E-state index contributed by atoms with van der Waals surface area (Å²) in [5.41, 5.74) is 1.12. The molecule has 0 saturated carbocycles. The van der Waals surface area contributed by atoms with E-state index in [4.69, 9.17) is 0 Å². The fourth-order valence-electron chi connectivity index (χ4n) is 2.04. The zero-order valence-corrected chi connectivity index (χ0v) is 10.3. The normalized spacial score (nSPS) is 10.7. The summed E-state index contributed by atoms with van der Waals surface area (Å²) in [5, 5.41) is 13.9. The molecule has 1 N–H and O–H groups in total. The minimum absolute atomic E-state index is 0.219. The number of phenolic OH excluding ortho intramolecular Hbond substituents is 1. The fourth-order valence-corrected chi connectivity index (χ4v) is 2.04. The second kappa shape index (κ2) is 4.77. The highest BCUT2D eigenvalue weighted by Crippen LogP contribution is 2.31. The number of hydrogen-bond donors (Lipinski definition) is 1. The number of phenols is 1. The molecular formula is C15H10F2N2O. The molecule has 0 saturated heterocycles. The Kier molecular flexibility index (Phi) is 2.95. The van der Waals surface area contributed by atoms with Crippen molar-refractivity contribution in [2.45, 2.75) is 0 Å². The van der Waals surface area contributed by atoms with E-state index in [9.17, 15) is 13.9 Å². The van der Waals surface area contributed by atoms with Crippen molar-refractivity contribution in [3.05, 3.63) is 66.4 Å². The van der Waals surface area contributed by atoms with Crippen molar-refractivity contribution in [1.82, 2.24) is 9.78 Å². The molecule has 5 heteroatoms. The maximum atomic E-state index is 13.8. The van der Waals surface area contributed by atoms with Crippen LogP contribution in [0.15, 0.2) is 54.7 Å². The summed E-state index contributed by atoms with van der Waals surface area (Å²) in [6.45, 7) is 0. The first-order valence-electron chi connectivity index (χ1n) is 5.94. The van der Waals surface area contributed by atoms with Gasteiger partial charge < -0.3 is 5.11 Å². The second-order valence-corrected chi connectivity index (χ2v) is 4.24. The van der Waals surface area contributed by atoms with Gasteiger partial charge in [0.1, 0.15) is 23.1 Å². The summed E-state index contributed by atoms with van der Waals surface area (Å²) in [5.74, 6) is -1.19. The van der Waals surface area contributed by atoms with Crippen LogP contribution >= 0.6 is 0 Å². The lowest BCUT2D eigenvalue weighted by Gasteiger charge is -2.09. The molecule has 0 fully saturated rings. The number of nitrogens with zero attached hydrogens (tertiary/aromatic N) is 2. The molecular weight excluding hydrogens is 262 g/mol. The monoisotopic (exact) mass is 272 g/mol. The molecule has 0 aliphatic carbocycles. The van der Waals surface area contributed by atoms with Crippen LogP contribution in [-0.4, -0.2) is 14.9 Å². The van der Waals surface area contributed by atoms with Gasteiger partial charge in [-0.1, -0.05) is 12.1 Å². The van der Waals surface area contributed by atoms with Crippen molar-refractivity contribution in [2.24, 2.45) is 0 Å². The van der Waals surface area contributed by atoms with Crippen LogP contribution in [0.1, 0.15) is 0 Å². The SMILES string of the molecule is Oc1cc(F)ccc1-c1ccnn1-c1ccccc1F. The van der Waals surface area contributed by atoms with E-state index in [1.165, 1.54) is 29.1 Å². The first-order valence-corrected chi connectivity index (χ1v) is 5.94. The molecule has 3 aromatic rings. The molecule has 2 aromatic carbocycles. The number of para-hydroxylation sites is 1. The van der Waals surface area contributed by atoms with Crippen molar-refractivity contribution < 1.29 is 13.9 Å². The summed E-state index contributed by atoms with van der Waals surface area (Å²) >= 11 is 0. The van der Waals surface area contributed by atoms with Gasteiger partial charge in [-0.2, -0.15) is 5.10 Å². The van der Waals surface area contributed by atoms with Gasteiger partial charge in [-0.3, -0.25) is 0 Å². The highest BCUT2D eigenvalue weighted by atomic mass is 19.1. The highest BCUT2D eigenvalue weighted by Gasteiger charge is 2.14. The number of benzene rings is 2. The highest BCUT2D eigenvalue weighted by molar-refractivity contribution is 5.68. The van der Waals surface area contributed by atoms with Crippen LogP contribution in [0.2, 0.25) is 0 Å². The van der Waals surface area contributed by atoms with Crippen molar-refractivity contribution in [1.29, 1.82) is 0 Å². The molecule has 0 amide bonds. The molecule has 1 aromatic heterocycles. The van der Waals surface area contributed by atoms with Crippen molar-refractivity contribution in [3.63, 3.8) is 0 Å². The van der Waals surface area contributed by atoms with Crippen molar-refractivity contribution in [2.75, 3.05) is 0 Å². The van der Waals surface area contributed by atoms with Gasteiger partial charge >= 0.3 is 0 Å². The van der Waals surface area contributed by atoms with E-state index < -0.39 is 11.6 Å². The summed E-state index contributed by atoms with van der Waals surface area (Å²) in [4.78, 5) is 0. The average molecular weight is 272 g/mol. The molecule has 0 spiro atoms. The topological polar surface area (TPSA) is 38.1 Å². The van der Waals surface area contributed by atoms with Gasteiger partial charge in [0.2, 0.25) is 0 Å². The maximum absolute atomic E-state index is 13.8. The van der Waals surface area contributed by atoms with Gasteiger partial charge in [0.25, 0.3) is 0 Å². The maximum Gasteiger partial charge on any atom is 0.148 e. The van der Waals surface area contributed by atoms with Gasteiger partial charge in [-0.05, 0) is 30.3 Å². The fraction of sp³-hybridized carbons (Fsp3) is 0. The van der Waals surface area contributed by atoms with Crippen molar-refractivity contribution in [3.8, 4) is 22.7 Å².